The Balaban J connectivity index is 2.76. The van der Waals surface area contributed by atoms with E-state index in [9.17, 15) is 0 Å². The zero-order valence-corrected chi connectivity index (χ0v) is 13.0. The van der Waals surface area contributed by atoms with Gasteiger partial charge >= 0.3 is 0 Å². The van der Waals surface area contributed by atoms with E-state index < -0.39 is 0 Å². The first kappa shape index (κ1) is 15.8. The van der Waals surface area contributed by atoms with Crippen LogP contribution < -0.4 is 14.8 Å². The van der Waals surface area contributed by atoms with Gasteiger partial charge in [-0.05, 0) is 51.8 Å². The minimum absolute atomic E-state index is 0.150. The number of ether oxygens (including phenoxy) is 2. The van der Waals surface area contributed by atoms with Crippen LogP contribution in [-0.4, -0.2) is 18.8 Å². The molecule has 3 heteroatoms. The lowest BCUT2D eigenvalue weighted by molar-refractivity contribution is 0.230. The minimum atomic E-state index is 0.150. The van der Waals surface area contributed by atoms with E-state index >= 15 is 0 Å². The zero-order chi connectivity index (χ0) is 14.5. The molecule has 0 heterocycles. The van der Waals surface area contributed by atoms with Crippen molar-refractivity contribution in [1.82, 2.24) is 5.32 Å². The summed E-state index contributed by atoms with van der Waals surface area (Å²) in [7, 11) is 1.68. The normalized spacial score (nSPS) is 11.7. The predicted molar refractivity (Wildman–Crippen MR) is 80.0 cm³/mol. The van der Waals surface area contributed by atoms with Gasteiger partial charge < -0.3 is 14.8 Å². The topological polar surface area (TPSA) is 30.5 Å². The Hall–Kier alpha value is -1.22. The lowest BCUT2D eigenvalue weighted by atomic mass is 10.0. The first-order valence-electron chi connectivity index (χ1n) is 6.96. The number of hydrogen-bond donors (Lipinski definition) is 1. The van der Waals surface area contributed by atoms with E-state index in [4.69, 9.17) is 9.47 Å². The smallest absolute Gasteiger partial charge is 0.161 e. The molecule has 108 valence electrons. The summed E-state index contributed by atoms with van der Waals surface area (Å²) in [5.74, 6) is 1.60. The van der Waals surface area contributed by atoms with E-state index in [1.807, 2.05) is 26.0 Å². The van der Waals surface area contributed by atoms with Gasteiger partial charge in [-0.3, -0.25) is 0 Å². The standard InChI is InChI=1S/C16H27NO2/c1-7-16(4,5)17-11-13-8-9-14(19-12(2)3)15(10-13)18-6/h8-10,12,17H,7,11H2,1-6H3. The molecule has 0 aliphatic rings. The van der Waals surface area contributed by atoms with Crippen LogP contribution in [0.1, 0.15) is 46.6 Å². The van der Waals surface area contributed by atoms with Gasteiger partial charge in [-0.2, -0.15) is 0 Å². The fourth-order valence-electron chi connectivity index (χ4n) is 1.64. The van der Waals surface area contributed by atoms with E-state index in [0.29, 0.717) is 0 Å². The average molecular weight is 265 g/mol. The number of methoxy groups -OCH3 is 1. The van der Waals surface area contributed by atoms with Crippen LogP contribution in [0.25, 0.3) is 0 Å². The molecule has 1 aromatic carbocycles. The fourth-order valence-corrected chi connectivity index (χ4v) is 1.64. The Labute approximate surface area is 117 Å². The van der Waals surface area contributed by atoms with Gasteiger partial charge in [-0.25, -0.2) is 0 Å². The van der Waals surface area contributed by atoms with Gasteiger partial charge in [-0.15, -0.1) is 0 Å². The lowest BCUT2D eigenvalue weighted by Gasteiger charge is -2.25. The summed E-state index contributed by atoms with van der Waals surface area (Å²) in [6.45, 7) is 11.5. The van der Waals surface area contributed by atoms with E-state index in [1.54, 1.807) is 7.11 Å². The lowest BCUT2D eigenvalue weighted by Crippen LogP contribution is -2.37. The maximum atomic E-state index is 5.71. The molecular weight excluding hydrogens is 238 g/mol. The second kappa shape index (κ2) is 6.80. The Morgan fingerprint density at radius 3 is 2.42 bits per heavy atom. The van der Waals surface area contributed by atoms with Crippen molar-refractivity contribution in [3.05, 3.63) is 23.8 Å². The zero-order valence-electron chi connectivity index (χ0n) is 13.0. The van der Waals surface area contributed by atoms with Gasteiger partial charge in [-0.1, -0.05) is 13.0 Å². The molecule has 0 unspecified atom stereocenters. The Bertz CT molecular complexity index is 400. The van der Waals surface area contributed by atoms with Crippen molar-refractivity contribution in [2.45, 2.75) is 59.2 Å². The molecule has 1 rings (SSSR count). The molecule has 0 atom stereocenters. The molecule has 3 nitrogen and oxygen atoms in total. The largest absolute Gasteiger partial charge is 0.493 e. The van der Waals surface area contributed by atoms with Gasteiger partial charge in [0.1, 0.15) is 0 Å². The molecule has 1 N–H and O–H groups in total. The van der Waals surface area contributed by atoms with Crippen LogP contribution in [0.15, 0.2) is 18.2 Å². The maximum absolute atomic E-state index is 5.71. The monoisotopic (exact) mass is 265 g/mol. The van der Waals surface area contributed by atoms with Crippen LogP contribution in [0.4, 0.5) is 0 Å². The van der Waals surface area contributed by atoms with Crippen molar-refractivity contribution in [3.8, 4) is 11.5 Å². The van der Waals surface area contributed by atoms with Crippen LogP contribution in [-0.2, 0) is 6.54 Å². The van der Waals surface area contributed by atoms with Crippen molar-refractivity contribution < 1.29 is 9.47 Å². The molecule has 0 fully saturated rings. The van der Waals surface area contributed by atoms with Gasteiger partial charge in [0.05, 0.1) is 13.2 Å². The van der Waals surface area contributed by atoms with E-state index in [0.717, 1.165) is 24.5 Å². The average Bonchev–Trinajstić information content (AvgIpc) is 2.37. The highest BCUT2D eigenvalue weighted by Crippen LogP contribution is 2.29. The molecule has 0 aromatic heterocycles. The predicted octanol–water partition coefficient (Wildman–Crippen LogP) is 3.76. The number of benzene rings is 1. The molecule has 0 saturated carbocycles. The molecule has 1 aromatic rings. The summed E-state index contributed by atoms with van der Waals surface area (Å²) in [5, 5.41) is 3.54. The van der Waals surface area contributed by atoms with Crippen LogP contribution in [0, 0.1) is 0 Å². The quantitative estimate of drug-likeness (QED) is 0.814. The minimum Gasteiger partial charge on any atom is -0.493 e. The summed E-state index contributed by atoms with van der Waals surface area (Å²) in [6, 6.07) is 6.10. The van der Waals surface area contributed by atoms with Crippen molar-refractivity contribution in [2.75, 3.05) is 7.11 Å². The number of rotatable bonds is 7. The Morgan fingerprint density at radius 1 is 1.21 bits per heavy atom. The van der Waals surface area contributed by atoms with Gasteiger partial charge in [0.2, 0.25) is 0 Å². The summed E-state index contributed by atoms with van der Waals surface area (Å²) in [6.07, 6.45) is 1.25. The van der Waals surface area contributed by atoms with Crippen LogP contribution >= 0.6 is 0 Å². The second-order valence-corrected chi connectivity index (χ2v) is 5.74. The van der Waals surface area contributed by atoms with Crippen LogP contribution in [0.3, 0.4) is 0 Å². The Morgan fingerprint density at radius 2 is 1.89 bits per heavy atom. The van der Waals surface area contributed by atoms with Gasteiger partial charge in [0.25, 0.3) is 0 Å². The van der Waals surface area contributed by atoms with Gasteiger partial charge in [0, 0.05) is 12.1 Å². The fraction of sp³-hybridized carbons (Fsp3) is 0.625. The molecule has 0 aliphatic carbocycles. The highest BCUT2D eigenvalue weighted by molar-refractivity contribution is 5.43. The molecule has 19 heavy (non-hydrogen) atoms. The first-order valence-corrected chi connectivity index (χ1v) is 6.96. The summed E-state index contributed by atoms with van der Waals surface area (Å²) >= 11 is 0. The van der Waals surface area contributed by atoms with E-state index in [1.165, 1.54) is 5.56 Å². The van der Waals surface area contributed by atoms with Crippen LogP contribution in [0.5, 0.6) is 11.5 Å². The molecule has 0 aliphatic heterocycles. The first-order chi connectivity index (χ1) is 8.88. The van der Waals surface area contributed by atoms with Crippen molar-refractivity contribution >= 4 is 0 Å². The van der Waals surface area contributed by atoms with Crippen molar-refractivity contribution in [2.24, 2.45) is 0 Å². The SMILES string of the molecule is CCC(C)(C)NCc1ccc(OC(C)C)c(OC)c1. The number of nitrogens with one attached hydrogen (secondary N) is 1. The molecule has 0 amide bonds. The molecule has 0 saturated heterocycles. The third-order valence-corrected chi connectivity index (χ3v) is 3.25. The molecular formula is C16H27NO2. The summed E-state index contributed by atoms with van der Waals surface area (Å²) < 4.78 is 11.1. The highest BCUT2D eigenvalue weighted by atomic mass is 16.5. The van der Waals surface area contributed by atoms with Crippen molar-refractivity contribution in [1.29, 1.82) is 0 Å². The third-order valence-electron chi connectivity index (χ3n) is 3.25. The summed E-state index contributed by atoms with van der Waals surface area (Å²) in [5.41, 5.74) is 1.36. The molecule has 0 spiro atoms. The molecule has 0 radical (unpaired) electrons. The maximum Gasteiger partial charge on any atom is 0.161 e. The Kier molecular flexibility index (Phi) is 5.67. The molecule has 0 bridgehead atoms. The highest BCUT2D eigenvalue weighted by Gasteiger charge is 2.14. The van der Waals surface area contributed by atoms with Crippen LogP contribution in [0.2, 0.25) is 0 Å². The van der Waals surface area contributed by atoms with E-state index in [-0.39, 0.29) is 11.6 Å². The van der Waals surface area contributed by atoms with E-state index in [2.05, 4.69) is 32.2 Å². The second-order valence-electron chi connectivity index (χ2n) is 5.74. The third kappa shape index (κ3) is 5.11. The van der Waals surface area contributed by atoms with Gasteiger partial charge in [0.15, 0.2) is 11.5 Å². The summed E-state index contributed by atoms with van der Waals surface area (Å²) in [4.78, 5) is 0. The number of hydrogen-bond acceptors (Lipinski definition) is 3. The van der Waals surface area contributed by atoms with Crippen molar-refractivity contribution in [3.63, 3.8) is 0 Å².